The summed E-state index contributed by atoms with van der Waals surface area (Å²) in [5.41, 5.74) is 0.360. The maximum Gasteiger partial charge on any atom is 0.407 e. The number of alkyl carbamates (subject to hydrolysis) is 1. The van der Waals surface area contributed by atoms with E-state index in [1.165, 1.54) is 7.11 Å². The van der Waals surface area contributed by atoms with E-state index in [0.717, 1.165) is 5.56 Å². The summed E-state index contributed by atoms with van der Waals surface area (Å²) >= 11 is 0. The van der Waals surface area contributed by atoms with E-state index >= 15 is 0 Å². The van der Waals surface area contributed by atoms with Crippen LogP contribution in [-0.4, -0.2) is 54.0 Å². The van der Waals surface area contributed by atoms with Crippen LogP contribution in [0.5, 0.6) is 0 Å². The summed E-state index contributed by atoms with van der Waals surface area (Å²) in [5.74, 6) is -1.27. The number of hydrogen-bond donors (Lipinski definition) is 1. The molecule has 0 aliphatic carbocycles. The number of nitrogens with one attached hydrogen (secondary N) is 1. The fourth-order valence-corrected chi connectivity index (χ4v) is 3.36. The van der Waals surface area contributed by atoms with Gasteiger partial charge in [-0.2, -0.15) is 0 Å². The summed E-state index contributed by atoms with van der Waals surface area (Å²) in [6.07, 6.45) is -0.0200. The smallest absolute Gasteiger partial charge is 0.407 e. The Morgan fingerprint density at radius 2 is 1.87 bits per heavy atom. The molecule has 1 aromatic carbocycles. The number of carbonyl (C=O) groups excluding carboxylic acids is 3. The van der Waals surface area contributed by atoms with Gasteiger partial charge in [0.2, 0.25) is 5.91 Å². The van der Waals surface area contributed by atoms with Gasteiger partial charge in [-0.05, 0) is 39.2 Å². The molecule has 3 unspecified atom stereocenters. The second-order valence-electron chi connectivity index (χ2n) is 8.89. The van der Waals surface area contributed by atoms with Gasteiger partial charge in [-0.3, -0.25) is 19.5 Å². The molecule has 2 rings (SSSR count). The second-order valence-corrected chi connectivity index (χ2v) is 8.89. The van der Waals surface area contributed by atoms with Gasteiger partial charge in [-0.15, -0.1) is 0 Å². The topological polar surface area (TPSA) is 97.3 Å². The monoisotopic (exact) mass is 431 g/mol. The lowest BCUT2D eigenvalue weighted by molar-refractivity contribution is -0.153. The molecule has 0 fully saturated rings. The molecular weight excluding hydrogens is 398 g/mol. The average molecular weight is 432 g/mol. The van der Waals surface area contributed by atoms with Crippen LogP contribution in [0.3, 0.4) is 0 Å². The Morgan fingerprint density at radius 3 is 2.45 bits per heavy atom. The molecule has 2 amide bonds. The number of aliphatic imine (C=N–C) groups is 1. The molecule has 1 aliphatic rings. The number of nitrogens with zero attached hydrogens (tertiary/aromatic N) is 2. The summed E-state index contributed by atoms with van der Waals surface area (Å²) in [7, 11) is 1.27. The first kappa shape index (κ1) is 24.4. The fraction of sp³-hybridized carbons (Fsp3) is 0.565. The number of benzene rings is 1. The van der Waals surface area contributed by atoms with Gasteiger partial charge in [0.25, 0.3) is 0 Å². The Labute approximate surface area is 184 Å². The van der Waals surface area contributed by atoms with Crippen LogP contribution in [0.2, 0.25) is 0 Å². The van der Waals surface area contributed by atoms with Gasteiger partial charge in [0.1, 0.15) is 11.4 Å². The Kier molecular flexibility index (Phi) is 8.19. The van der Waals surface area contributed by atoms with Crippen molar-refractivity contribution in [2.75, 3.05) is 13.7 Å². The highest BCUT2D eigenvalue weighted by Crippen LogP contribution is 2.24. The molecule has 8 heteroatoms. The summed E-state index contributed by atoms with van der Waals surface area (Å²) < 4.78 is 10.1. The maximum absolute atomic E-state index is 13.2. The van der Waals surface area contributed by atoms with Crippen molar-refractivity contribution in [2.45, 2.75) is 59.2 Å². The number of rotatable bonds is 7. The van der Waals surface area contributed by atoms with Crippen molar-refractivity contribution in [1.82, 2.24) is 10.2 Å². The quantitative estimate of drug-likeness (QED) is 0.528. The lowest BCUT2D eigenvalue weighted by atomic mass is 9.95. The van der Waals surface area contributed by atoms with Crippen LogP contribution in [0, 0.1) is 11.8 Å². The first-order chi connectivity index (χ1) is 14.5. The van der Waals surface area contributed by atoms with Gasteiger partial charge in [0.15, 0.2) is 5.92 Å². The van der Waals surface area contributed by atoms with Crippen LogP contribution < -0.4 is 5.32 Å². The molecule has 1 heterocycles. The molecule has 0 bridgehead atoms. The van der Waals surface area contributed by atoms with Gasteiger partial charge >= 0.3 is 12.1 Å². The minimum absolute atomic E-state index is 0.000724. The van der Waals surface area contributed by atoms with E-state index in [1.54, 1.807) is 32.6 Å². The molecule has 0 radical (unpaired) electrons. The van der Waals surface area contributed by atoms with Crippen molar-refractivity contribution < 1.29 is 23.9 Å². The van der Waals surface area contributed by atoms with Crippen LogP contribution in [-0.2, 0) is 25.6 Å². The third-order valence-corrected chi connectivity index (χ3v) is 4.84. The van der Waals surface area contributed by atoms with Crippen LogP contribution in [0.25, 0.3) is 0 Å². The Morgan fingerprint density at radius 1 is 1.23 bits per heavy atom. The van der Waals surface area contributed by atoms with Gasteiger partial charge < -0.3 is 14.8 Å². The third kappa shape index (κ3) is 7.08. The van der Waals surface area contributed by atoms with Gasteiger partial charge in [0, 0.05) is 13.0 Å². The van der Waals surface area contributed by atoms with Crippen molar-refractivity contribution in [2.24, 2.45) is 16.8 Å². The highest BCUT2D eigenvalue weighted by molar-refractivity contribution is 6.09. The molecule has 0 spiro atoms. The molecule has 170 valence electrons. The van der Waals surface area contributed by atoms with E-state index in [-0.39, 0.29) is 11.8 Å². The molecule has 31 heavy (non-hydrogen) atoms. The molecule has 1 aliphatic heterocycles. The van der Waals surface area contributed by atoms with E-state index in [2.05, 4.69) is 10.3 Å². The number of methoxy groups -OCH3 is 1. The van der Waals surface area contributed by atoms with E-state index in [1.807, 2.05) is 37.3 Å². The number of esters is 1. The van der Waals surface area contributed by atoms with Crippen molar-refractivity contribution in [1.29, 1.82) is 0 Å². The minimum atomic E-state index is -0.965. The van der Waals surface area contributed by atoms with Crippen molar-refractivity contribution in [3.05, 3.63) is 35.9 Å². The third-order valence-electron chi connectivity index (χ3n) is 4.84. The van der Waals surface area contributed by atoms with Gasteiger partial charge in [-0.25, -0.2) is 4.79 Å². The molecule has 0 aromatic heterocycles. The zero-order valence-corrected chi connectivity index (χ0v) is 19.2. The number of carbonyl (C=O) groups is 3. The normalized spacial score (nSPS) is 20.0. The van der Waals surface area contributed by atoms with Crippen molar-refractivity contribution in [3.63, 3.8) is 0 Å². The predicted molar refractivity (Wildman–Crippen MR) is 117 cm³/mol. The fourth-order valence-electron chi connectivity index (χ4n) is 3.36. The first-order valence-electron chi connectivity index (χ1n) is 10.5. The van der Waals surface area contributed by atoms with Crippen LogP contribution >= 0.6 is 0 Å². The highest BCUT2D eigenvalue weighted by atomic mass is 16.6. The van der Waals surface area contributed by atoms with Crippen LogP contribution in [0.4, 0.5) is 4.79 Å². The van der Waals surface area contributed by atoms with Crippen LogP contribution in [0.15, 0.2) is 35.3 Å². The lowest BCUT2D eigenvalue weighted by Crippen LogP contribution is -2.51. The van der Waals surface area contributed by atoms with Crippen molar-refractivity contribution >= 4 is 23.8 Å². The van der Waals surface area contributed by atoms with Gasteiger partial charge in [-0.1, -0.05) is 37.3 Å². The molecule has 3 atom stereocenters. The van der Waals surface area contributed by atoms with E-state index in [4.69, 9.17) is 9.47 Å². The minimum Gasteiger partial charge on any atom is -0.468 e. The summed E-state index contributed by atoms with van der Waals surface area (Å²) in [4.78, 5) is 43.6. The predicted octanol–water partition coefficient (Wildman–Crippen LogP) is 3.16. The zero-order valence-electron chi connectivity index (χ0n) is 19.2. The van der Waals surface area contributed by atoms with E-state index < -0.39 is 29.6 Å². The van der Waals surface area contributed by atoms with E-state index in [0.29, 0.717) is 25.3 Å². The number of hydrogen-bond acceptors (Lipinski definition) is 6. The first-order valence-corrected chi connectivity index (χ1v) is 10.5. The van der Waals surface area contributed by atoms with E-state index in [9.17, 15) is 14.4 Å². The molecule has 1 aromatic rings. The number of amides is 2. The zero-order chi connectivity index (χ0) is 23.2. The molecule has 8 nitrogen and oxygen atoms in total. The summed E-state index contributed by atoms with van der Waals surface area (Å²) in [6, 6.07) is 9.02. The molecular formula is C23H33N3O5. The second kappa shape index (κ2) is 10.4. The number of ether oxygens (including phenoxy) is 2. The Balaban J connectivity index is 2.15. The lowest BCUT2D eigenvalue weighted by Gasteiger charge is -2.35. The summed E-state index contributed by atoms with van der Waals surface area (Å²) in [5, 5.41) is 2.76. The average Bonchev–Trinajstić information content (AvgIpc) is 2.68. The molecule has 0 saturated heterocycles. The molecule has 0 saturated carbocycles. The van der Waals surface area contributed by atoms with Gasteiger partial charge in [0.05, 0.1) is 19.7 Å². The largest absolute Gasteiger partial charge is 0.468 e. The van der Waals surface area contributed by atoms with Crippen LogP contribution in [0.1, 0.15) is 46.6 Å². The Hall–Kier alpha value is -2.90. The SMILES string of the molecule is COC(=O)C1C(=O)N(Cc2ccccc2)C(CC(C)CNC(=O)OC(C)(C)C)=NC1C. The standard InChI is InChI=1S/C23H33N3O5/c1-15(13-24-22(29)31-23(3,4)5)12-18-25-16(2)19(21(28)30-6)20(27)26(18)14-17-10-8-7-9-11-17/h7-11,15-16,19H,12-14H2,1-6H3,(H,24,29). The Bertz CT molecular complexity index is 816. The highest BCUT2D eigenvalue weighted by Gasteiger charge is 2.42. The van der Waals surface area contributed by atoms with Crippen molar-refractivity contribution in [3.8, 4) is 0 Å². The summed E-state index contributed by atoms with van der Waals surface area (Å²) in [6.45, 7) is 9.79. The maximum atomic E-state index is 13.2. The molecule has 1 N–H and O–H groups in total. The number of amidine groups is 1.